The zero-order valence-corrected chi connectivity index (χ0v) is 13.2. The monoisotopic (exact) mass is 328 g/mol. The zero-order valence-electron chi connectivity index (χ0n) is 11.6. The normalized spacial score (nSPS) is 11.1. The van der Waals surface area contributed by atoms with Crippen molar-refractivity contribution in [2.75, 3.05) is 0 Å². The van der Waals surface area contributed by atoms with E-state index in [-0.39, 0.29) is 0 Å². The summed E-state index contributed by atoms with van der Waals surface area (Å²) in [4.78, 5) is 0. The Labute approximate surface area is 137 Å². The number of thioether (sulfide) groups is 1. The van der Waals surface area contributed by atoms with Crippen LogP contribution < -0.4 is 0 Å². The second kappa shape index (κ2) is 7.24. The molecule has 0 spiro atoms. The summed E-state index contributed by atoms with van der Waals surface area (Å²) in [5.74, 6) is 0.826. The SMILES string of the molecule is Clc1cccc(C=Nn2cnnc2SCc2ccccc2)c1. The van der Waals surface area contributed by atoms with E-state index in [0.29, 0.717) is 5.02 Å². The molecule has 3 rings (SSSR count). The third-order valence-electron chi connectivity index (χ3n) is 2.89. The summed E-state index contributed by atoms with van der Waals surface area (Å²) >= 11 is 7.55. The molecule has 6 heteroatoms. The van der Waals surface area contributed by atoms with Gasteiger partial charge < -0.3 is 0 Å². The molecule has 0 unspecified atom stereocenters. The largest absolute Gasteiger partial charge is 0.212 e. The van der Waals surface area contributed by atoms with Crippen LogP contribution in [0.2, 0.25) is 5.02 Å². The molecule has 0 aliphatic rings. The maximum atomic E-state index is 5.96. The molecule has 3 aromatic rings. The summed E-state index contributed by atoms with van der Waals surface area (Å²) < 4.78 is 1.66. The van der Waals surface area contributed by atoms with Gasteiger partial charge in [-0.1, -0.05) is 65.8 Å². The molecule has 0 N–H and O–H groups in total. The molecule has 0 saturated carbocycles. The predicted molar refractivity (Wildman–Crippen MR) is 90.5 cm³/mol. The highest BCUT2D eigenvalue weighted by molar-refractivity contribution is 7.98. The quantitative estimate of drug-likeness (QED) is 0.523. The maximum absolute atomic E-state index is 5.96. The minimum Gasteiger partial charge on any atom is -0.195 e. The van der Waals surface area contributed by atoms with E-state index >= 15 is 0 Å². The smallest absolute Gasteiger partial charge is 0.195 e. The molecule has 1 heterocycles. The van der Waals surface area contributed by atoms with Gasteiger partial charge in [0.25, 0.3) is 0 Å². The van der Waals surface area contributed by atoms with Gasteiger partial charge in [0.15, 0.2) is 0 Å². The highest BCUT2D eigenvalue weighted by Crippen LogP contribution is 2.20. The van der Waals surface area contributed by atoms with Gasteiger partial charge in [-0.3, -0.25) is 0 Å². The molecule has 22 heavy (non-hydrogen) atoms. The van der Waals surface area contributed by atoms with E-state index in [2.05, 4.69) is 27.4 Å². The van der Waals surface area contributed by atoms with Gasteiger partial charge in [-0.15, -0.1) is 10.2 Å². The van der Waals surface area contributed by atoms with Gasteiger partial charge in [0.1, 0.15) is 6.33 Å². The summed E-state index contributed by atoms with van der Waals surface area (Å²) in [7, 11) is 0. The first-order valence-electron chi connectivity index (χ1n) is 6.68. The molecule has 0 aliphatic heterocycles. The van der Waals surface area contributed by atoms with Crippen molar-refractivity contribution in [2.45, 2.75) is 10.9 Å². The Morgan fingerprint density at radius 3 is 2.82 bits per heavy atom. The van der Waals surface area contributed by atoms with Crippen molar-refractivity contribution in [3.05, 3.63) is 77.1 Å². The standard InChI is InChI=1S/C16H13ClN4S/c17-15-8-4-7-14(9-15)10-19-21-12-18-20-16(21)22-11-13-5-2-1-3-6-13/h1-10,12H,11H2. The first kappa shape index (κ1) is 14.8. The van der Waals surface area contributed by atoms with Crippen LogP contribution in [0.15, 0.2) is 71.2 Å². The number of hydrogen-bond donors (Lipinski definition) is 0. The molecule has 0 radical (unpaired) electrons. The van der Waals surface area contributed by atoms with Gasteiger partial charge in [-0.2, -0.15) is 9.78 Å². The molecule has 0 atom stereocenters. The lowest BCUT2D eigenvalue weighted by molar-refractivity contribution is 0.767. The average molecular weight is 329 g/mol. The molecule has 0 bridgehead atoms. The first-order chi connectivity index (χ1) is 10.8. The van der Waals surface area contributed by atoms with E-state index in [0.717, 1.165) is 16.5 Å². The number of hydrogen-bond acceptors (Lipinski definition) is 4. The third-order valence-corrected chi connectivity index (χ3v) is 4.13. The van der Waals surface area contributed by atoms with E-state index in [1.54, 1.807) is 29.0 Å². The molecular weight excluding hydrogens is 316 g/mol. The number of benzene rings is 2. The summed E-state index contributed by atoms with van der Waals surface area (Å²) in [5.41, 5.74) is 2.17. The molecule has 0 aliphatic carbocycles. The van der Waals surface area contributed by atoms with E-state index in [4.69, 9.17) is 11.6 Å². The Hall–Kier alpha value is -2.11. The minimum atomic E-state index is 0.686. The van der Waals surface area contributed by atoms with Gasteiger partial charge >= 0.3 is 0 Å². The molecule has 0 amide bonds. The Morgan fingerprint density at radius 2 is 2.00 bits per heavy atom. The lowest BCUT2D eigenvalue weighted by atomic mass is 10.2. The van der Waals surface area contributed by atoms with Crippen LogP contribution in [-0.4, -0.2) is 21.1 Å². The molecular formula is C16H13ClN4S. The highest BCUT2D eigenvalue weighted by Gasteiger charge is 2.04. The van der Waals surface area contributed by atoms with Crippen molar-refractivity contribution in [3.8, 4) is 0 Å². The minimum absolute atomic E-state index is 0.686. The average Bonchev–Trinajstić information content (AvgIpc) is 2.99. The van der Waals surface area contributed by atoms with Crippen LogP contribution >= 0.6 is 23.4 Å². The fraction of sp³-hybridized carbons (Fsp3) is 0.0625. The van der Waals surface area contributed by atoms with Crippen molar-refractivity contribution >= 4 is 29.6 Å². The van der Waals surface area contributed by atoms with Crippen LogP contribution in [0.3, 0.4) is 0 Å². The van der Waals surface area contributed by atoms with Gasteiger partial charge in [0.2, 0.25) is 5.16 Å². The van der Waals surface area contributed by atoms with Crippen molar-refractivity contribution in [3.63, 3.8) is 0 Å². The van der Waals surface area contributed by atoms with Crippen LogP contribution in [0.1, 0.15) is 11.1 Å². The van der Waals surface area contributed by atoms with Crippen molar-refractivity contribution in [1.82, 2.24) is 14.9 Å². The van der Waals surface area contributed by atoms with Crippen molar-refractivity contribution in [1.29, 1.82) is 0 Å². The van der Waals surface area contributed by atoms with Crippen LogP contribution in [0.4, 0.5) is 0 Å². The number of halogens is 1. The van der Waals surface area contributed by atoms with Gasteiger partial charge in [0.05, 0.1) is 6.21 Å². The molecule has 0 saturated heterocycles. The fourth-order valence-electron chi connectivity index (χ4n) is 1.83. The lowest BCUT2D eigenvalue weighted by Crippen LogP contribution is -1.92. The van der Waals surface area contributed by atoms with E-state index in [9.17, 15) is 0 Å². The Morgan fingerprint density at radius 1 is 1.14 bits per heavy atom. The van der Waals surface area contributed by atoms with Gasteiger partial charge in [0, 0.05) is 10.8 Å². The number of nitrogens with zero attached hydrogens (tertiary/aromatic N) is 4. The van der Waals surface area contributed by atoms with Crippen LogP contribution in [0.5, 0.6) is 0 Å². The molecule has 1 aromatic heterocycles. The van der Waals surface area contributed by atoms with Crippen LogP contribution in [0, 0.1) is 0 Å². The fourth-order valence-corrected chi connectivity index (χ4v) is 2.85. The van der Waals surface area contributed by atoms with E-state index < -0.39 is 0 Å². The molecule has 2 aromatic carbocycles. The van der Waals surface area contributed by atoms with Crippen LogP contribution in [-0.2, 0) is 5.75 Å². The zero-order chi connectivity index (χ0) is 15.2. The van der Waals surface area contributed by atoms with Crippen molar-refractivity contribution in [2.24, 2.45) is 5.10 Å². The molecule has 0 fully saturated rings. The Balaban J connectivity index is 1.69. The summed E-state index contributed by atoms with van der Waals surface area (Å²) in [6.07, 6.45) is 3.33. The maximum Gasteiger partial charge on any atom is 0.212 e. The lowest BCUT2D eigenvalue weighted by Gasteiger charge is -2.01. The molecule has 4 nitrogen and oxygen atoms in total. The first-order valence-corrected chi connectivity index (χ1v) is 8.04. The topological polar surface area (TPSA) is 43.1 Å². The van der Waals surface area contributed by atoms with E-state index in [1.807, 2.05) is 42.5 Å². The second-order valence-electron chi connectivity index (χ2n) is 4.53. The van der Waals surface area contributed by atoms with E-state index in [1.165, 1.54) is 5.56 Å². The van der Waals surface area contributed by atoms with Gasteiger partial charge in [-0.25, -0.2) is 0 Å². The van der Waals surface area contributed by atoms with Gasteiger partial charge in [-0.05, 0) is 23.3 Å². The Kier molecular flexibility index (Phi) is 4.88. The highest BCUT2D eigenvalue weighted by atomic mass is 35.5. The third kappa shape index (κ3) is 3.96. The predicted octanol–water partition coefficient (Wildman–Crippen LogP) is 4.11. The van der Waals surface area contributed by atoms with Crippen molar-refractivity contribution < 1.29 is 0 Å². The second-order valence-corrected chi connectivity index (χ2v) is 5.91. The summed E-state index contributed by atoms with van der Waals surface area (Å²) in [6, 6.07) is 17.7. The Bertz CT molecular complexity index is 771. The molecule has 110 valence electrons. The summed E-state index contributed by atoms with van der Waals surface area (Å²) in [5, 5.41) is 13.8. The van der Waals surface area contributed by atoms with Crippen LogP contribution in [0.25, 0.3) is 0 Å². The summed E-state index contributed by atoms with van der Waals surface area (Å²) in [6.45, 7) is 0. The number of aromatic nitrogens is 3. The number of rotatable bonds is 5.